The molecule has 1 aromatic heterocycles. The van der Waals surface area contributed by atoms with E-state index in [1.807, 2.05) is 0 Å². The third kappa shape index (κ3) is 3.44. The Balaban J connectivity index is 1.76. The SMILES string of the molecule is C/C(=C/COC1CCCCO1)c1cccs1. The first-order valence-electron chi connectivity index (χ1n) is 5.80. The van der Waals surface area contributed by atoms with Gasteiger partial charge in [0.05, 0.1) is 6.61 Å². The zero-order valence-corrected chi connectivity index (χ0v) is 10.5. The zero-order valence-electron chi connectivity index (χ0n) is 9.65. The van der Waals surface area contributed by atoms with Crippen molar-refractivity contribution in [3.05, 3.63) is 28.5 Å². The van der Waals surface area contributed by atoms with E-state index >= 15 is 0 Å². The van der Waals surface area contributed by atoms with Gasteiger partial charge in [0.1, 0.15) is 0 Å². The van der Waals surface area contributed by atoms with Gasteiger partial charge in [0.2, 0.25) is 0 Å². The Labute approximate surface area is 101 Å². The maximum Gasteiger partial charge on any atom is 0.157 e. The molecule has 2 nitrogen and oxygen atoms in total. The molecule has 88 valence electrons. The van der Waals surface area contributed by atoms with Crippen LogP contribution < -0.4 is 0 Å². The summed E-state index contributed by atoms with van der Waals surface area (Å²) in [5.41, 5.74) is 1.28. The summed E-state index contributed by atoms with van der Waals surface area (Å²) in [7, 11) is 0. The van der Waals surface area contributed by atoms with Crippen molar-refractivity contribution in [1.82, 2.24) is 0 Å². The highest BCUT2D eigenvalue weighted by molar-refractivity contribution is 7.11. The van der Waals surface area contributed by atoms with E-state index in [2.05, 4.69) is 30.5 Å². The molecule has 3 heteroatoms. The molecule has 0 aliphatic carbocycles. The van der Waals surface area contributed by atoms with Crippen molar-refractivity contribution in [2.24, 2.45) is 0 Å². The van der Waals surface area contributed by atoms with E-state index in [0.717, 1.165) is 13.0 Å². The predicted molar refractivity (Wildman–Crippen MR) is 67.5 cm³/mol. The van der Waals surface area contributed by atoms with Crippen LogP contribution in [-0.2, 0) is 9.47 Å². The van der Waals surface area contributed by atoms with Crippen LogP contribution >= 0.6 is 11.3 Å². The van der Waals surface area contributed by atoms with Crippen LogP contribution in [0.25, 0.3) is 5.57 Å². The lowest BCUT2D eigenvalue weighted by Crippen LogP contribution is -2.22. The third-order valence-corrected chi connectivity index (χ3v) is 3.72. The van der Waals surface area contributed by atoms with Gasteiger partial charge in [-0.25, -0.2) is 0 Å². The topological polar surface area (TPSA) is 18.5 Å². The van der Waals surface area contributed by atoms with Crippen molar-refractivity contribution in [1.29, 1.82) is 0 Å². The van der Waals surface area contributed by atoms with Gasteiger partial charge < -0.3 is 9.47 Å². The molecule has 1 aliphatic rings. The van der Waals surface area contributed by atoms with Gasteiger partial charge in [-0.3, -0.25) is 0 Å². The molecule has 0 radical (unpaired) electrons. The fourth-order valence-electron chi connectivity index (χ4n) is 1.73. The first-order valence-corrected chi connectivity index (χ1v) is 6.68. The molecular weight excluding hydrogens is 220 g/mol. The van der Waals surface area contributed by atoms with Crippen LogP contribution in [-0.4, -0.2) is 19.5 Å². The fourth-order valence-corrected chi connectivity index (χ4v) is 2.46. The molecule has 1 fully saturated rings. The minimum absolute atomic E-state index is 0.0149. The zero-order chi connectivity index (χ0) is 11.2. The van der Waals surface area contributed by atoms with Crippen molar-refractivity contribution in [3.8, 4) is 0 Å². The number of thiophene rings is 1. The Morgan fingerprint density at radius 2 is 2.56 bits per heavy atom. The molecule has 16 heavy (non-hydrogen) atoms. The molecule has 0 amide bonds. The van der Waals surface area contributed by atoms with Gasteiger partial charge >= 0.3 is 0 Å². The summed E-state index contributed by atoms with van der Waals surface area (Å²) in [6.07, 6.45) is 5.57. The highest BCUT2D eigenvalue weighted by Gasteiger charge is 2.12. The van der Waals surface area contributed by atoms with E-state index in [-0.39, 0.29) is 6.29 Å². The Bertz CT molecular complexity index is 324. The maximum atomic E-state index is 5.66. The van der Waals surface area contributed by atoms with Gasteiger partial charge in [0.15, 0.2) is 6.29 Å². The number of ether oxygens (including phenoxy) is 2. The summed E-state index contributed by atoms with van der Waals surface area (Å²) in [4.78, 5) is 1.31. The van der Waals surface area contributed by atoms with Crippen molar-refractivity contribution in [2.75, 3.05) is 13.2 Å². The molecule has 0 bridgehead atoms. The normalized spacial score (nSPS) is 22.3. The lowest BCUT2D eigenvalue weighted by atomic mass is 10.2. The standard InChI is InChI=1S/C13H18O2S/c1-11(12-5-4-10-16-12)7-9-15-13-6-2-3-8-14-13/h4-5,7,10,13H,2-3,6,8-9H2,1H3/b11-7-. The summed E-state index contributed by atoms with van der Waals surface area (Å²) >= 11 is 1.76. The van der Waals surface area contributed by atoms with Gasteiger partial charge in [-0.1, -0.05) is 12.1 Å². The maximum absolute atomic E-state index is 5.66. The molecule has 1 saturated heterocycles. The smallest absolute Gasteiger partial charge is 0.157 e. The number of rotatable bonds is 4. The molecule has 0 aromatic carbocycles. The van der Waals surface area contributed by atoms with E-state index in [0.29, 0.717) is 6.61 Å². The average molecular weight is 238 g/mol. The van der Waals surface area contributed by atoms with Crippen molar-refractivity contribution < 1.29 is 9.47 Å². The Hall–Kier alpha value is -0.640. The molecule has 0 spiro atoms. The first-order chi connectivity index (χ1) is 7.86. The third-order valence-electron chi connectivity index (χ3n) is 2.72. The van der Waals surface area contributed by atoms with E-state index in [9.17, 15) is 0 Å². The van der Waals surface area contributed by atoms with Crippen LogP contribution in [0.1, 0.15) is 31.1 Å². The van der Waals surface area contributed by atoms with E-state index in [1.54, 1.807) is 11.3 Å². The van der Waals surface area contributed by atoms with Crippen LogP contribution in [0.15, 0.2) is 23.6 Å². The number of allylic oxidation sites excluding steroid dienone is 1. The monoisotopic (exact) mass is 238 g/mol. The fraction of sp³-hybridized carbons (Fsp3) is 0.538. The average Bonchev–Trinajstić information content (AvgIpc) is 2.84. The number of hydrogen-bond acceptors (Lipinski definition) is 3. The second-order valence-electron chi connectivity index (χ2n) is 3.99. The molecule has 0 saturated carbocycles. The van der Waals surface area contributed by atoms with Crippen molar-refractivity contribution in [2.45, 2.75) is 32.5 Å². The Kier molecular flexibility index (Phi) is 4.57. The van der Waals surface area contributed by atoms with Crippen molar-refractivity contribution in [3.63, 3.8) is 0 Å². The molecule has 1 atom stereocenters. The molecule has 1 aromatic rings. The van der Waals surface area contributed by atoms with E-state index in [1.165, 1.54) is 23.3 Å². The highest BCUT2D eigenvalue weighted by Crippen LogP contribution is 2.19. The predicted octanol–water partition coefficient (Wildman–Crippen LogP) is 3.69. The van der Waals surface area contributed by atoms with Crippen LogP contribution in [0, 0.1) is 0 Å². The van der Waals surface area contributed by atoms with Crippen LogP contribution in [0.2, 0.25) is 0 Å². The molecule has 2 heterocycles. The summed E-state index contributed by atoms with van der Waals surface area (Å²) in [5, 5.41) is 2.10. The minimum atomic E-state index is 0.0149. The van der Waals surface area contributed by atoms with Gasteiger partial charge in [0.25, 0.3) is 0 Å². The molecule has 2 rings (SSSR count). The van der Waals surface area contributed by atoms with E-state index in [4.69, 9.17) is 9.47 Å². The summed E-state index contributed by atoms with van der Waals surface area (Å²) < 4.78 is 11.2. The minimum Gasteiger partial charge on any atom is -0.353 e. The van der Waals surface area contributed by atoms with Crippen molar-refractivity contribution >= 4 is 16.9 Å². The number of hydrogen-bond donors (Lipinski definition) is 0. The van der Waals surface area contributed by atoms with Gasteiger partial charge in [0, 0.05) is 11.5 Å². The summed E-state index contributed by atoms with van der Waals surface area (Å²) in [6, 6.07) is 4.20. The quantitative estimate of drug-likeness (QED) is 0.796. The van der Waals surface area contributed by atoms with Gasteiger partial charge in [-0.2, -0.15) is 0 Å². The largest absolute Gasteiger partial charge is 0.353 e. The van der Waals surface area contributed by atoms with Crippen LogP contribution in [0.3, 0.4) is 0 Å². The lowest BCUT2D eigenvalue weighted by Gasteiger charge is -2.22. The molecule has 1 unspecified atom stereocenters. The summed E-state index contributed by atoms with van der Waals surface area (Å²) in [6.45, 7) is 3.61. The highest BCUT2D eigenvalue weighted by atomic mass is 32.1. The molecule has 1 aliphatic heterocycles. The van der Waals surface area contributed by atoms with E-state index < -0.39 is 0 Å². The Morgan fingerprint density at radius 1 is 1.62 bits per heavy atom. The lowest BCUT2D eigenvalue weighted by molar-refractivity contribution is -0.155. The molecular formula is C13H18O2S. The molecule has 0 N–H and O–H groups in total. The Morgan fingerprint density at radius 3 is 3.25 bits per heavy atom. The van der Waals surface area contributed by atoms with Gasteiger partial charge in [-0.05, 0) is 43.2 Å². The van der Waals surface area contributed by atoms with Crippen LogP contribution in [0.4, 0.5) is 0 Å². The summed E-state index contributed by atoms with van der Waals surface area (Å²) in [5.74, 6) is 0. The van der Waals surface area contributed by atoms with Crippen LogP contribution in [0.5, 0.6) is 0 Å². The second kappa shape index (κ2) is 6.18. The second-order valence-corrected chi connectivity index (χ2v) is 4.94. The first kappa shape index (κ1) is 11.8. The van der Waals surface area contributed by atoms with Gasteiger partial charge in [-0.15, -0.1) is 11.3 Å².